The van der Waals surface area contributed by atoms with Gasteiger partial charge in [0.2, 0.25) is 0 Å². The third-order valence-corrected chi connectivity index (χ3v) is 2.88. The molecule has 0 saturated heterocycles. The second kappa shape index (κ2) is 5.64. The Morgan fingerprint density at radius 1 is 1.22 bits per heavy atom. The summed E-state index contributed by atoms with van der Waals surface area (Å²) in [4.78, 5) is 14.8. The number of hydrogen-bond acceptors (Lipinski definition) is 3. The number of nitrogens with zero attached hydrogens (tertiary/aromatic N) is 1. The molecule has 1 aromatic carbocycles. The first-order valence-corrected chi connectivity index (χ1v) is 6.13. The highest BCUT2D eigenvalue weighted by atomic mass is 79.9. The van der Waals surface area contributed by atoms with Crippen LogP contribution in [0, 0.1) is 0 Å². The van der Waals surface area contributed by atoms with Crippen LogP contribution in [0.2, 0.25) is 0 Å². The molecule has 4 nitrogen and oxygen atoms in total. The SMILES string of the molecule is O=C(O)c1cccc(NCc2ccc(Br)cc2)n1. The van der Waals surface area contributed by atoms with Crippen LogP contribution >= 0.6 is 15.9 Å². The molecule has 18 heavy (non-hydrogen) atoms. The van der Waals surface area contributed by atoms with E-state index < -0.39 is 5.97 Å². The van der Waals surface area contributed by atoms with E-state index in [0.717, 1.165) is 10.0 Å². The molecule has 2 N–H and O–H groups in total. The lowest BCUT2D eigenvalue weighted by molar-refractivity contribution is 0.0690. The van der Waals surface area contributed by atoms with E-state index in [0.29, 0.717) is 12.4 Å². The minimum atomic E-state index is -1.03. The van der Waals surface area contributed by atoms with Crippen molar-refractivity contribution in [3.63, 3.8) is 0 Å². The van der Waals surface area contributed by atoms with E-state index in [1.807, 2.05) is 24.3 Å². The Kier molecular flexibility index (Phi) is 3.94. The van der Waals surface area contributed by atoms with Gasteiger partial charge < -0.3 is 10.4 Å². The van der Waals surface area contributed by atoms with Crippen LogP contribution in [0.1, 0.15) is 16.1 Å². The number of rotatable bonds is 4. The van der Waals surface area contributed by atoms with Gasteiger partial charge in [-0.1, -0.05) is 34.1 Å². The molecule has 0 radical (unpaired) electrons. The third kappa shape index (κ3) is 3.30. The molecule has 0 saturated carbocycles. The van der Waals surface area contributed by atoms with Crippen molar-refractivity contribution in [1.29, 1.82) is 0 Å². The minimum Gasteiger partial charge on any atom is -0.477 e. The fraction of sp³-hybridized carbons (Fsp3) is 0.0769. The topological polar surface area (TPSA) is 62.2 Å². The molecule has 0 spiro atoms. The molecule has 1 heterocycles. The summed E-state index contributed by atoms with van der Waals surface area (Å²) in [6.45, 7) is 0.601. The van der Waals surface area contributed by atoms with Gasteiger partial charge >= 0.3 is 5.97 Å². The first-order chi connectivity index (χ1) is 8.65. The van der Waals surface area contributed by atoms with Gasteiger partial charge in [-0.15, -0.1) is 0 Å². The molecule has 0 aliphatic carbocycles. The zero-order chi connectivity index (χ0) is 13.0. The zero-order valence-electron chi connectivity index (χ0n) is 9.43. The van der Waals surface area contributed by atoms with Crippen LogP contribution in [0.4, 0.5) is 5.82 Å². The summed E-state index contributed by atoms with van der Waals surface area (Å²) in [5.74, 6) is -0.472. The van der Waals surface area contributed by atoms with E-state index in [2.05, 4.69) is 26.2 Å². The molecule has 0 aliphatic heterocycles. The number of aromatic nitrogens is 1. The second-order valence-electron chi connectivity index (χ2n) is 3.69. The first-order valence-electron chi connectivity index (χ1n) is 5.34. The number of pyridine rings is 1. The van der Waals surface area contributed by atoms with Crippen molar-refractivity contribution >= 4 is 27.7 Å². The van der Waals surface area contributed by atoms with Crippen molar-refractivity contribution in [3.8, 4) is 0 Å². The number of hydrogen-bond donors (Lipinski definition) is 2. The van der Waals surface area contributed by atoms with Gasteiger partial charge in [-0.05, 0) is 29.8 Å². The molecule has 0 aliphatic rings. The molecule has 0 bridgehead atoms. The Morgan fingerprint density at radius 3 is 2.61 bits per heavy atom. The molecular weight excluding hydrogens is 296 g/mol. The van der Waals surface area contributed by atoms with E-state index in [1.165, 1.54) is 6.07 Å². The van der Waals surface area contributed by atoms with Crippen molar-refractivity contribution in [1.82, 2.24) is 4.98 Å². The highest BCUT2D eigenvalue weighted by Crippen LogP contribution is 2.12. The molecule has 0 atom stereocenters. The predicted octanol–water partition coefficient (Wildman–Crippen LogP) is 3.15. The summed E-state index contributed by atoms with van der Waals surface area (Å²) < 4.78 is 1.03. The van der Waals surface area contributed by atoms with Crippen molar-refractivity contribution in [3.05, 3.63) is 58.2 Å². The number of nitrogens with one attached hydrogen (secondary N) is 1. The van der Waals surface area contributed by atoms with Crippen LogP contribution in [0.25, 0.3) is 0 Å². The second-order valence-corrected chi connectivity index (χ2v) is 4.61. The Labute approximate surface area is 113 Å². The van der Waals surface area contributed by atoms with Gasteiger partial charge in [0.25, 0.3) is 0 Å². The Balaban J connectivity index is 2.04. The summed E-state index contributed by atoms with van der Waals surface area (Å²) in [6.07, 6.45) is 0. The van der Waals surface area contributed by atoms with Crippen molar-refractivity contribution in [2.24, 2.45) is 0 Å². The third-order valence-electron chi connectivity index (χ3n) is 2.36. The van der Waals surface area contributed by atoms with Gasteiger partial charge in [-0.2, -0.15) is 0 Å². The van der Waals surface area contributed by atoms with Crippen LogP contribution in [-0.4, -0.2) is 16.1 Å². The molecule has 1 aromatic heterocycles. The summed E-state index contributed by atoms with van der Waals surface area (Å²) >= 11 is 3.37. The van der Waals surface area contributed by atoms with Crippen LogP contribution in [0.5, 0.6) is 0 Å². The molecule has 0 fully saturated rings. The quantitative estimate of drug-likeness (QED) is 0.911. The number of aromatic carboxylic acids is 1. The van der Waals surface area contributed by atoms with Crippen LogP contribution in [0.3, 0.4) is 0 Å². The molecule has 2 rings (SSSR count). The Morgan fingerprint density at radius 2 is 1.94 bits per heavy atom. The average Bonchev–Trinajstić information content (AvgIpc) is 2.38. The van der Waals surface area contributed by atoms with E-state index in [1.54, 1.807) is 12.1 Å². The summed E-state index contributed by atoms with van der Waals surface area (Å²) in [5, 5.41) is 11.9. The number of carboxylic acid groups (broad SMARTS) is 1. The maximum atomic E-state index is 10.8. The van der Waals surface area contributed by atoms with Crippen LogP contribution < -0.4 is 5.32 Å². The van der Waals surface area contributed by atoms with Crippen molar-refractivity contribution in [2.75, 3.05) is 5.32 Å². The van der Waals surface area contributed by atoms with E-state index in [9.17, 15) is 4.79 Å². The summed E-state index contributed by atoms with van der Waals surface area (Å²) in [5.41, 5.74) is 1.14. The summed E-state index contributed by atoms with van der Waals surface area (Å²) in [7, 11) is 0. The number of carboxylic acids is 1. The smallest absolute Gasteiger partial charge is 0.354 e. The van der Waals surface area contributed by atoms with Gasteiger partial charge in [0.15, 0.2) is 5.69 Å². The molecule has 5 heteroatoms. The van der Waals surface area contributed by atoms with Gasteiger partial charge in [0.05, 0.1) is 0 Å². The van der Waals surface area contributed by atoms with E-state index in [4.69, 9.17) is 5.11 Å². The van der Waals surface area contributed by atoms with Gasteiger partial charge in [-0.3, -0.25) is 0 Å². The van der Waals surface area contributed by atoms with Gasteiger partial charge in [-0.25, -0.2) is 9.78 Å². The number of anilines is 1. The highest BCUT2D eigenvalue weighted by molar-refractivity contribution is 9.10. The molecular formula is C13H11BrN2O2. The Bertz CT molecular complexity index is 555. The standard InChI is InChI=1S/C13H11BrN2O2/c14-10-6-4-9(5-7-10)8-15-12-3-1-2-11(16-12)13(17)18/h1-7H,8H2,(H,15,16)(H,17,18). The average molecular weight is 307 g/mol. The lowest BCUT2D eigenvalue weighted by Gasteiger charge is -2.06. The lowest BCUT2D eigenvalue weighted by atomic mass is 10.2. The van der Waals surface area contributed by atoms with E-state index in [-0.39, 0.29) is 5.69 Å². The Hall–Kier alpha value is -1.88. The predicted molar refractivity (Wildman–Crippen MR) is 72.7 cm³/mol. The lowest BCUT2D eigenvalue weighted by Crippen LogP contribution is -2.05. The monoisotopic (exact) mass is 306 g/mol. The van der Waals surface area contributed by atoms with Crippen LogP contribution in [0.15, 0.2) is 46.9 Å². The zero-order valence-corrected chi connectivity index (χ0v) is 11.0. The minimum absolute atomic E-state index is 0.0378. The molecule has 0 unspecified atom stereocenters. The number of benzene rings is 1. The number of carbonyl (C=O) groups is 1. The molecule has 92 valence electrons. The van der Waals surface area contributed by atoms with Crippen molar-refractivity contribution in [2.45, 2.75) is 6.54 Å². The summed E-state index contributed by atoms with van der Waals surface area (Å²) in [6, 6.07) is 12.8. The van der Waals surface area contributed by atoms with Gasteiger partial charge in [0.1, 0.15) is 5.82 Å². The fourth-order valence-electron chi connectivity index (χ4n) is 1.45. The fourth-order valence-corrected chi connectivity index (χ4v) is 1.71. The van der Waals surface area contributed by atoms with Gasteiger partial charge in [0, 0.05) is 11.0 Å². The number of halogens is 1. The molecule has 2 aromatic rings. The molecule has 0 amide bonds. The van der Waals surface area contributed by atoms with Crippen LogP contribution in [-0.2, 0) is 6.54 Å². The van der Waals surface area contributed by atoms with E-state index >= 15 is 0 Å². The van der Waals surface area contributed by atoms with Crippen molar-refractivity contribution < 1.29 is 9.90 Å². The maximum absolute atomic E-state index is 10.8. The maximum Gasteiger partial charge on any atom is 0.354 e. The normalized spacial score (nSPS) is 10.1. The highest BCUT2D eigenvalue weighted by Gasteiger charge is 2.04. The largest absolute Gasteiger partial charge is 0.477 e. The first kappa shape index (κ1) is 12.6.